The minimum atomic E-state index is -1.00. The fourth-order valence-electron chi connectivity index (χ4n) is 1.78. The molecule has 0 aromatic heterocycles. The molecule has 0 aliphatic carbocycles. The van der Waals surface area contributed by atoms with E-state index in [1.807, 2.05) is 19.1 Å². The van der Waals surface area contributed by atoms with Crippen molar-refractivity contribution < 1.29 is 14.7 Å². The van der Waals surface area contributed by atoms with E-state index in [9.17, 15) is 9.59 Å². The van der Waals surface area contributed by atoms with Gasteiger partial charge < -0.3 is 16.2 Å². The lowest BCUT2D eigenvalue weighted by Gasteiger charge is -2.13. The molecule has 1 aromatic carbocycles. The first-order chi connectivity index (χ1) is 9.08. The highest BCUT2D eigenvalue weighted by atomic mass is 16.4. The molecule has 0 heterocycles. The SMILES string of the molecule is CCCC(NC(=O)c1ccc(CCN)cc1)C(=O)O. The smallest absolute Gasteiger partial charge is 0.326 e. The predicted molar refractivity (Wildman–Crippen MR) is 73.0 cm³/mol. The van der Waals surface area contributed by atoms with Crippen molar-refractivity contribution in [3.63, 3.8) is 0 Å². The Hall–Kier alpha value is -1.88. The van der Waals surface area contributed by atoms with Crippen molar-refractivity contribution in [2.45, 2.75) is 32.2 Å². The molecule has 5 heteroatoms. The second kappa shape index (κ2) is 7.53. The van der Waals surface area contributed by atoms with E-state index < -0.39 is 12.0 Å². The van der Waals surface area contributed by atoms with E-state index in [4.69, 9.17) is 10.8 Å². The van der Waals surface area contributed by atoms with E-state index in [0.29, 0.717) is 24.9 Å². The van der Waals surface area contributed by atoms with Gasteiger partial charge in [0.05, 0.1) is 0 Å². The van der Waals surface area contributed by atoms with E-state index in [0.717, 1.165) is 12.0 Å². The standard InChI is InChI=1S/C14H20N2O3/c1-2-3-12(14(18)19)16-13(17)11-6-4-10(5-7-11)8-9-15/h4-7,12H,2-3,8-9,15H2,1H3,(H,16,17)(H,18,19). The first kappa shape index (κ1) is 15.2. The number of hydrogen-bond donors (Lipinski definition) is 3. The molecule has 0 aliphatic rings. The Morgan fingerprint density at radius 1 is 1.32 bits per heavy atom. The molecule has 0 aliphatic heterocycles. The monoisotopic (exact) mass is 264 g/mol. The van der Waals surface area contributed by atoms with Gasteiger partial charge in [0.15, 0.2) is 0 Å². The van der Waals surface area contributed by atoms with Gasteiger partial charge in [-0.2, -0.15) is 0 Å². The van der Waals surface area contributed by atoms with Gasteiger partial charge in [0.25, 0.3) is 5.91 Å². The molecule has 1 aromatic rings. The summed E-state index contributed by atoms with van der Waals surface area (Å²) in [6, 6.07) is 6.20. The molecule has 19 heavy (non-hydrogen) atoms. The topological polar surface area (TPSA) is 92.4 Å². The Morgan fingerprint density at radius 3 is 2.42 bits per heavy atom. The molecule has 1 rings (SSSR count). The van der Waals surface area contributed by atoms with Crippen LogP contribution in [0.25, 0.3) is 0 Å². The number of aliphatic carboxylic acids is 1. The number of carbonyl (C=O) groups is 2. The summed E-state index contributed by atoms with van der Waals surface area (Å²) in [6.45, 7) is 2.44. The van der Waals surface area contributed by atoms with Crippen LogP contribution in [-0.2, 0) is 11.2 Å². The third-order valence-corrected chi connectivity index (χ3v) is 2.83. The van der Waals surface area contributed by atoms with E-state index in [2.05, 4.69) is 5.32 Å². The molecule has 1 atom stereocenters. The van der Waals surface area contributed by atoms with Crippen molar-refractivity contribution in [1.82, 2.24) is 5.32 Å². The van der Waals surface area contributed by atoms with E-state index in [1.54, 1.807) is 12.1 Å². The van der Waals surface area contributed by atoms with Gasteiger partial charge in [-0.25, -0.2) is 4.79 Å². The van der Waals surface area contributed by atoms with Gasteiger partial charge in [0, 0.05) is 5.56 Å². The van der Waals surface area contributed by atoms with Gasteiger partial charge in [-0.3, -0.25) is 4.79 Å². The molecular weight excluding hydrogens is 244 g/mol. The van der Waals surface area contributed by atoms with E-state index in [1.165, 1.54) is 0 Å². The van der Waals surface area contributed by atoms with Crippen molar-refractivity contribution >= 4 is 11.9 Å². The zero-order chi connectivity index (χ0) is 14.3. The number of nitrogens with one attached hydrogen (secondary N) is 1. The summed E-state index contributed by atoms with van der Waals surface area (Å²) in [4.78, 5) is 22.9. The molecule has 0 saturated carbocycles. The van der Waals surface area contributed by atoms with Gasteiger partial charge in [-0.05, 0) is 37.1 Å². The lowest BCUT2D eigenvalue weighted by Crippen LogP contribution is -2.40. The van der Waals surface area contributed by atoms with Crippen molar-refractivity contribution in [3.05, 3.63) is 35.4 Å². The van der Waals surface area contributed by atoms with Crippen molar-refractivity contribution in [3.8, 4) is 0 Å². The first-order valence-corrected chi connectivity index (χ1v) is 6.41. The van der Waals surface area contributed by atoms with Crippen molar-refractivity contribution in [2.24, 2.45) is 5.73 Å². The number of amides is 1. The normalized spacial score (nSPS) is 11.9. The maximum Gasteiger partial charge on any atom is 0.326 e. The Bertz CT molecular complexity index is 429. The Morgan fingerprint density at radius 2 is 1.95 bits per heavy atom. The quantitative estimate of drug-likeness (QED) is 0.689. The molecular formula is C14H20N2O3. The van der Waals surface area contributed by atoms with Crippen LogP contribution in [0.15, 0.2) is 24.3 Å². The average Bonchev–Trinajstić information content (AvgIpc) is 2.39. The number of carbonyl (C=O) groups excluding carboxylic acids is 1. The molecule has 5 nitrogen and oxygen atoms in total. The highest BCUT2D eigenvalue weighted by Crippen LogP contribution is 2.06. The molecule has 104 valence electrons. The van der Waals surface area contributed by atoms with Gasteiger partial charge in [0.2, 0.25) is 0 Å². The van der Waals surface area contributed by atoms with Crippen LogP contribution in [0.1, 0.15) is 35.7 Å². The summed E-state index contributed by atoms with van der Waals surface area (Å²) >= 11 is 0. The number of nitrogens with two attached hydrogens (primary N) is 1. The predicted octanol–water partition coefficient (Wildman–Crippen LogP) is 1.17. The zero-order valence-corrected chi connectivity index (χ0v) is 11.1. The van der Waals surface area contributed by atoms with Crippen LogP contribution in [0, 0.1) is 0 Å². The maximum atomic E-state index is 11.9. The Balaban J connectivity index is 2.68. The van der Waals surface area contributed by atoms with Crippen LogP contribution in [0.5, 0.6) is 0 Å². The highest BCUT2D eigenvalue weighted by molar-refractivity contribution is 5.96. The summed E-state index contributed by atoms with van der Waals surface area (Å²) in [5.74, 6) is -1.37. The Labute approximate surface area is 112 Å². The number of carboxylic acids is 1. The van der Waals surface area contributed by atoms with Crippen molar-refractivity contribution in [2.75, 3.05) is 6.54 Å². The minimum absolute atomic E-state index is 0.361. The number of carboxylic acid groups (broad SMARTS) is 1. The summed E-state index contributed by atoms with van der Waals surface area (Å²) < 4.78 is 0. The summed E-state index contributed by atoms with van der Waals surface area (Å²) in [5.41, 5.74) is 6.97. The third kappa shape index (κ3) is 4.71. The average molecular weight is 264 g/mol. The molecule has 0 radical (unpaired) electrons. The largest absolute Gasteiger partial charge is 0.480 e. The molecule has 0 saturated heterocycles. The number of rotatable bonds is 7. The molecule has 0 spiro atoms. The Kier molecular flexibility index (Phi) is 6.02. The molecule has 0 fully saturated rings. The highest BCUT2D eigenvalue weighted by Gasteiger charge is 2.19. The van der Waals surface area contributed by atoms with Crippen LogP contribution in [0.4, 0.5) is 0 Å². The molecule has 4 N–H and O–H groups in total. The van der Waals surface area contributed by atoms with Gasteiger partial charge >= 0.3 is 5.97 Å². The van der Waals surface area contributed by atoms with Crippen LogP contribution >= 0.6 is 0 Å². The first-order valence-electron chi connectivity index (χ1n) is 6.41. The van der Waals surface area contributed by atoms with E-state index in [-0.39, 0.29) is 5.91 Å². The summed E-state index contributed by atoms with van der Waals surface area (Å²) in [6.07, 6.45) is 1.88. The lowest BCUT2D eigenvalue weighted by atomic mass is 10.1. The van der Waals surface area contributed by atoms with Crippen LogP contribution in [0.3, 0.4) is 0 Å². The van der Waals surface area contributed by atoms with Gasteiger partial charge in [-0.1, -0.05) is 25.5 Å². The van der Waals surface area contributed by atoms with E-state index >= 15 is 0 Å². The van der Waals surface area contributed by atoms with Crippen LogP contribution in [-0.4, -0.2) is 29.6 Å². The summed E-state index contributed by atoms with van der Waals surface area (Å²) in [7, 11) is 0. The summed E-state index contributed by atoms with van der Waals surface area (Å²) in [5, 5.41) is 11.5. The number of benzene rings is 1. The minimum Gasteiger partial charge on any atom is -0.480 e. The maximum absolute atomic E-state index is 11.9. The number of hydrogen-bond acceptors (Lipinski definition) is 3. The van der Waals surface area contributed by atoms with Crippen molar-refractivity contribution in [1.29, 1.82) is 0 Å². The fraction of sp³-hybridized carbons (Fsp3) is 0.429. The fourth-order valence-corrected chi connectivity index (χ4v) is 1.78. The second-order valence-corrected chi connectivity index (χ2v) is 4.39. The zero-order valence-electron chi connectivity index (χ0n) is 11.1. The molecule has 1 unspecified atom stereocenters. The molecule has 0 bridgehead atoms. The van der Waals surface area contributed by atoms with Gasteiger partial charge in [0.1, 0.15) is 6.04 Å². The third-order valence-electron chi connectivity index (χ3n) is 2.83. The lowest BCUT2D eigenvalue weighted by molar-refractivity contribution is -0.139. The van der Waals surface area contributed by atoms with Crippen LogP contribution in [0.2, 0.25) is 0 Å². The van der Waals surface area contributed by atoms with Crippen LogP contribution < -0.4 is 11.1 Å². The molecule has 1 amide bonds. The van der Waals surface area contributed by atoms with Gasteiger partial charge in [-0.15, -0.1) is 0 Å². The second-order valence-electron chi connectivity index (χ2n) is 4.39.